The quantitative estimate of drug-likeness (QED) is 0.842. The van der Waals surface area contributed by atoms with E-state index in [9.17, 15) is 9.90 Å². The Morgan fingerprint density at radius 3 is 3.00 bits per heavy atom. The Morgan fingerprint density at radius 2 is 2.37 bits per heavy atom. The van der Waals surface area contributed by atoms with Crippen molar-refractivity contribution in [2.24, 2.45) is 0 Å². The molecule has 0 aliphatic carbocycles. The number of aromatic carboxylic acids is 1. The van der Waals surface area contributed by atoms with Crippen LogP contribution in [0.15, 0.2) is 36.0 Å². The summed E-state index contributed by atoms with van der Waals surface area (Å²) in [4.78, 5) is 16.4. The zero-order valence-electron chi connectivity index (χ0n) is 10.7. The molecular formula is C14H16N2O2S. The van der Waals surface area contributed by atoms with E-state index >= 15 is 0 Å². The van der Waals surface area contributed by atoms with Crippen molar-refractivity contribution in [3.63, 3.8) is 0 Å². The van der Waals surface area contributed by atoms with Gasteiger partial charge < -0.3 is 10.4 Å². The molecule has 0 amide bonds. The van der Waals surface area contributed by atoms with E-state index in [4.69, 9.17) is 0 Å². The first kappa shape index (κ1) is 13.5. The third-order valence-corrected chi connectivity index (χ3v) is 3.83. The molecule has 2 aromatic heterocycles. The predicted molar refractivity (Wildman–Crippen MR) is 76.8 cm³/mol. The van der Waals surface area contributed by atoms with E-state index in [1.807, 2.05) is 11.4 Å². The van der Waals surface area contributed by atoms with Crippen LogP contribution in [0.25, 0.3) is 0 Å². The minimum atomic E-state index is -0.939. The molecule has 0 saturated heterocycles. The molecule has 4 nitrogen and oxygen atoms in total. The van der Waals surface area contributed by atoms with Gasteiger partial charge in [0.2, 0.25) is 0 Å². The largest absolute Gasteiger partial charge is 0.478 e. The molecule has 5 heteroatoms. The van der Waals surface area contributed by atoms with Crippen LogP contribution in [0.2, 0.25) is 0 Å². The number of aromatic nitrogens is 1. The summed E-state index contributed by atoms with van der Waals surface area (Å²) in [5, 5.41) is 14.5. The Labute approximate surface area is 116 Å². The molecule has 100 valence electrons. The topological polar surface area (TPSA) is 62.2 Å². The molecule has 0 bridgehead atoms. The number of hydrogen-bond acceptors (Lipinski definition) is 4. The van der Waals surface area contributed by atoms with Crippen LogP contribution in [-0.2, 0) is 0 Å². The Kier molecular flexibility index (Phi) is 4.52. The number of carboxylic acid groups (broad SMARTS) is 1. The van der Waals surface area contributed by atoms with Crippen LogP contribution in [0.5, 0.6) is 0 Å². The third kappa shape index (κ3) is 3.32. The van der Waals surface area contributed by atoms with Crippen LogP contribution in [0.1, 0.15) is 41.0 Å². The summed E-state index contributed by atoms with van der Waals surface area (Å²) in [6.45, 7) is 2.11. The zero-order chi connectivity index (χ0) is 13.7. The summed E-state index contributed by atoms with van der Waals surface area (Å²) in [6.07, 6.45) is 5.04. The lowest BCUT2D eigenvalue weighted by Gasteiger charge is -2.19. The first-order valence-corrected chi connectivity index (χ1v) is 7.07. The highest BCUT2D eigenvalue weighted by molar-refractivity contribution is 7.10. The monoisotopic (exact) mass is 276 g/mol. The standard InChI is InChI=1S/C14H16N2O2S/c1-2-4-11(13-5-3-8-19-13)16-12-9-15-7-6-10(12)14(17)18/h3,5-9,11,16H,2,4H2,1H3,(H,17,18). The van der Waals surface area contributed by atoms with E-state index in [1.165, 1.54) is 17.1 Å². The molecule has 0 fully saturated rings. The molecule has 1 unspecified atom stereocenters. The van der Waals surface area contributed by atoms with Gasteiger partial charge >= 0.3 is 5.97 Å². The molecule has 2 aromatic rings. The molecular weight excluding hydrogens is 260 g/mol. The fraction of sp³-hybridized carbons (Fsp3) is 0.286. The fourth-order valence-corrected chi connectivity index (χ4v) is 2.76. The number of pyridine rings is 1. The van der Waals surface area contributed by atoms with Crippen molar-refractivity contribution in [2.75, 3.05) is 5.32 Å². The highest BCUT2D eigenvalue weighted by atomic mass is 32.1. The predicted octanol–water partition coefficient (Wildman–Crippen LogP) is 3.79. The fourth-order valence-electron chi connectivity index (χ4n) is 1.95. The van der Waals surface area contributed by atoms with E-state index in [-0.39, 0.29) is 11.6 Å². The molecule has 19 heavy (non-hydrogen) atoms. The maximum Gasteiger partial charge on any atom is 0.337 e. The number of nitrogens with zero attached hydrogens (tertiary/aromatic N) is 1. The number of nitrogens with one attached hydrogen (secondary N) is 1. The van der Waals surface area contributed by atoms with Crippen molar-refractivity contribution in [3.05, 3.63) is 46.4 Å². The van der Waals surface area contributed by atoms with E-state index in [0.29, 0.717) is 5.69 Å². The Balaban J connectivity index is 2.25. The van der Waals surface area contributed by atoms with Crippen molar-refractivity contribution in [2.45, 2.75) is 25.8 Å². The Bertz CT molecular complexity index is 540. The molecule has 2 N–H and O–H groups in total. The molecule has 2 rings (SSSR count). The average molecular weight is 276 g/mol. The smallest absolute Gasteiger partial charge is 0.337 e. The molecule has 0 radical (unpaired) electrons. The van der Waals surface area contributed by atoms with Gasteiger partial charge in [0, 0.05) is 11.1 Å². The summed E-state index contributed by atoms with van der Waals surface area (Å²) in [5.41, 5.74) is 0.828. The van der Waals surface area contributed by atoms with Gasteiger partial charge in [-0.2, -0.15) is 0 Å². The number of thiophene rings is 1. The van der Waals surface area contributed by atoms with Gasteiger partial charge in [-0.1, -0.05) is 19.4 Å². The van der Waals surface area contributed by atoms with Gasteiger partial charge in [0.05, 0.1) is 23.5 Å². The van der Waals surface area contributed by atoms with Gasteiger partial charge in [0.25, 0.3) is 0 Å². The van der Waals surface area contributed by atoms with Crippen LogP contribution < -0.4 is 5.32 Å². The minimum absolute atomic E-state index is 0.132. The summed E-state index contributed by atoms with van der Waals surface area (Å²) >= 11 is 1.67. The van der Waals surface area contributed by atoms with E-state index in [2.05, 4.69) is 23.3 Å². The normalized spacial score (nSPS) is 12.1. The molecule has 1 atom stereocenters. The first-order chi connectivity index (χ1) is 9.22. The van der Waals surface area contributed by atoms with Crippen molar-refractivity contribution in [3.8, 4) is 0 Å². The average Bonchev–Trinajstić information content (AvgIpc) is 2.92. The van der Waals surface area contributed by atoms with Crippen molar-refractivity contribution in [1.29, 1.82) is 0 Å². The van der Waals surface area contributed by atoms with Crippen LogP contribution >= 0.6 is 11.3 Å². The molecule has 0 saturated carbocycles. The first-order valence-electron chi connectivity index (χ1n) is 6.19. The lowest BCUT2D eigenvalue weighted by molar-refractivity contribution is 0.0697. The summed E-state index contributed by atoms with van der Waals surface area (Å²) in [7, 11) is 0. The highest BCUT2D eigenvalue weighted by Gasteiger charge is 2.16. The number of anilines is 1. The van der Waals surface area contributed by atoms with Gasteiger partial charge in [-0.05, 0) is 23.9 Å². The van der Waals surface area contributed by atoms with Crippen LogP contribution in [0, 0.1) is 0 Å². The summed E-state index contributed by atoms with van der Waals surface area (Å²) in [6, 6.07) is 5.72. The van der Waals surface area contributed by atoms with Gasteiger partial charge in [-0.3, -0.25) is 4.98 Å². The van der Waals surface area contributed by atoms with E-state index in [1.54, 1.807) is 17.5 Å². The van der Waals surface area contributed by atoms with E-state index in [0.717, 1.165) is 12.8 Å². The number of rotatable bonds is 6. The van der Waals surface area contributed by atoms with Gasteiger partial charge in [0.15, 0.2) is 0 Å². The maximum absolute atomic E-state index is 11.2. The highest BCUT2D eigenvalue weighted by Crippen LogP contribution is 2.28. The van der Waals surface area contributed by atoms with Crippen LogP contribution in [-0.4, -0.2) is 16.1 Å². The van der Waals surface area contributed by atoms with Crippen LogP contribution in [0.4, 0.5) is 5.69 Å². The SMILES string of the molecule is CCCC(Nc1cnccc1C(=O)O)c1cccs1. The van der Waals surface area contributed by atoms with Gasteiger partial charge in [-0.25, -0.2) is 4.79 Å². The van der Waals surface area contributed by atoms with Crippen LogP contribution in [0.3, 0.4) is 0 Å². The molecule has 0 aromatic carbocycles. The lowest BCUT2D eigenvalue weighted by Crippen LogP contribution is -2.12. The second-order valence-corrected chi connectivity index (χ2v) is 5.21. The third-order valence-electron chi connectivity index (χ3n) is 2.85. The summed E-state index contributed by atoms with van der Waals surface area (Å²) in [5.74, 6) is -0.939. The molecule has 0 aliphatic heterocycles. The van der Waals surface area contributed by atoms with Crippen molar-refractivity contribution < 1.29 is 9.90 Å². The zero-order valence-corrected chi connectivity index (χ0v) is 11.5. The van der Waals surface area contributed by atoms with Crippen molar-refractivity contribution >= 4 is 23.0 Å². The maximum atomic E-state index is 11.2. The Morgan fingerprint density at radius 1 is 1.53 bits per heavy atom. The molecule has 0 spiro atoms. The van der Waals surface area contributed by atoms with Crippen molar-refractivity contribution in [1.82, 2.24) is 4.98 Å². The van der Waals surface area contributed by atoms with Gasteiger partial charge in [-0.15, -0.1) is 11.3 Å². The summed E-state index contributed by atoms with van der Waals surface area (Å²) < 4.78 is 0. The van der Waals surface area contributed by atoms with Gasteiger partial charge in [0.1, 0.15) is 0 Å². The second kappa shape index (κ2) is 6.33. The lowest BCUT2D eigenvalue weighted by atomic mass is 10.1. The number of carboxylic acids is 1. The Hall–Kier alpha value is -1.88. The minimum Gasteiger partial charge on any atom is -0.478 e. The molecule has 2 heterocycles. The van der Waals surface area contributed by atoms with E-state index < -0.39 is 5.97 Å². The number of hydrogen-bond donors (Lipinski definition) is 2. The second-order valence-electron chi connectivity index (χ2n) is 4.23. The number of carbonyl (C=O) groups is 1. The molecule has 0 aliphatic rings.